The molecule has 0 radical (unpaired) electrons. The molecule has 0 amide bonds. The summed E-state index contributed by atoms with van der Waals surface area (Å²) in [6, 6.07) is 5.55. The minimum atomic E-state index is -4.20. The Labute approximate surface area is 108 Å². The number of ether oxygens (including phenoxy) is 1. The van der Waals surface area contributed by atoms with Crippen molar-refractivity contribution in [3.8, 4) is 5.75 Å². The summed E-state index contributed by atoms with van der Waals surface area (Å²) >= 11 is 0. The van der Waals surface area contributed by atoms with Crippen LogP contribution < -0.4 is 4.74 Å². The number of halogens is 4. The maximum Gasteiger partial charge on any atom is 0.390 e. The molecule has 0 aliphatic carbocycles. The van der Waals surface area contributed by atoms with Crippen molar-refractivity contribution in [3.63, 3.8) is 0 Å². The van der Waals surface area contributed by atoms with Gasteiger partial charge in [-0.05, 0) is 25.1 Å². The van der Waals surface area contributed by atoms with Crippen molar-refractivity contribution in [2.45, 2.75) is 19.5 Å². The molecule has 1 rings (SSSR count). The number of aliphatic imine (C=N–C) groups is 1. The summed E-state index contributed by atoms with van der Waals surface area (Å²) in [4.78, 5) is 3.58. The van der Waals surface area contributed by atoms with Crippen LogP contribution in [0.5, 0.6) is 5.75 Å². The van der Waals surface area contributed by atoms with E-state index in [9.17, 15) is 17.6 Å². The smallest absolute Gasteiger partial charge is 0.390 e. The molecular formula is C13H13F4NO. The lowest BCUT2D eigenvalue weighted by molar-refractivity contribution is -0.132. The van der Waals surface area contributed by atoms with E-state index >= 15 is 0 Å². The van der Waals surface area contributed by atoms with Gasteiger partial charge in [-0.2, -0.15) is 13.2 Å². The highest BCUT2D eigenvalue weighted by molar-refractivity contribution is 5.71. The van der Waals surface area contributed by atoms with Crippen LogP contribution in [0.2, 0.25) is 0 Å². The van der Waals surface area contributed by atoms with Gasteiger partial charge in [0.15, 0.2) is 0 Å². The SMILES string of the molecule is C/C(=C\C=NCCC(F)(F)F)Oc1cccc(F)c1. The highest BCUT2D eigenvalue weighted by Gasteiger charge is 2.25. The van der Waals surface area contributed by atoms with Crippen molar-refractivity contribution in [1.29, 1.82) is 0 Å². The van der Waals surface area contributed by atoms with Gasteiger partial charge in [0.2, 0.25) is 0 Å². The third-order valence-electron chi connectivity index (χ3n) is 2.01. The predicted octanol–water partition coefficient (Wildman–Crippen LogP) is 4.13. The molecule has 0 atom stereocenters. The molecule has 0 aliphatic heterocycles. The van der Waals surface area contributed by atoms with E-state index in [4.69, 9.17) is 4.74 Å². The van der Waals surface area contributed by atoms with Crippen LogP contribution in [0.4, 0.5) is 17.6 Å². The van der Waals surface area contributed by atoms with E-state index in [2.05, 4.69) is 4.99 Å². The van der Waals surface area contributed by atoms with Gasteiger partial charge in [-0.3, -0.25) is 4.99 Å². The second-order valence-corrected chi connectivity index (χ2v) is 3.76. The van der Waals surface area contributed by atoms with Crippen molar-refractivity contribution in [2.24, 2.45) is 4.99 Å². The van der Waals surface area contributed by atoms with Crippen LogP contribution in [0.1, 0.15) is 13.3 Å². The summed E-state index contributed by atoms with van der Waals surface area (Å²) in [5, 5.41) is 0. The molecule has 0 aliphatic rings. The molecule has 104 valence electrons. The summed E-state index contributed by atoms with van der Waals surface area (Å²) in [7, 11) is 0. The van der Waals surface area contributed by atoms with Gasteiger partial charge in [0.1, 0.15) is 17.3 Å². The van der Waals surface area contributed by atoms with Crippen molar-refractivity contribution in [1.82, 2.24) is 0 Å². The Bertz CT molecular complexity index is 466. The fraction of sp³-hybridized carbons (Fsp3) is 0.308. The van der Waals surface area contributed by atoms with E-state index in [1.54, 1.807) is 13.0 Å². The summed E-state index contributed by atoms with van der Waals surface area (Å²) in [6.45, 7) is 1.27. The lowest BCUT2D eigenvalue weighted by Gasteiger charge is -2.04. The first-order valence-corrected chi connectivity index (χ1v) is 5.54. The first-order chi connectivity index (χ1) is 8.87. The van der Waals surface area contributed by atoms with Gasteiger partial charge in [-0.25, -0.2) is 4.39 Å². The summed E-state index contributed by atoms with van der Waals surface area (Å²) in [6.07, 6.45) is -2.50. The number of alkyl halides is 3. The topological polar surface area (TPSA) is 21.6 Å². The van der Waals surface area contributed by atoms with Gasteiger partial charge < -0.3 is 4.74 Å². The lowest BCUT2D eigenvalue weighted by atomic mass is 10.3. The van der Waals surface area contributed by atoms with E-state index in [-0.39, 0.29) is 6.54 Å². The summed E-state index contributed by atoms with van der Waals surface area (Å²) in [5.41, 5.74) is 0. The Hall–Kier alpha value is -1.85. The molecule has 6 heteroatoms. The predicted molar refractivity (Wildman–Crippen MR) is 64.8 cm³/mol. The van der Waals surface area contributed by atoms with Crippen LogP contribution >= 0.6 is 0 Å². The van der Waals surface area contributed by atoms with Crippen molar-refractivity contribution in [3.05, 3.63) is 41.9 Å². The third kappa shape index (κ3) is 7.23. The van der Waals surface area contributed by atoms with Crippen LogP contribution in [0.25, 0.3) is 0 Å². The standard InChI is InChI=1S/C13H13F4NO/c1-10(5-7-18-8-6-13(15,16)17)19-12-4-2-3-11(14)9-12/h2-5,7,9H,6,8H2,1H3/b10-5+,18-7?. The molecule has 0 heterocycles. The van der Waals surface area contributed by atoms with Gasteiger partial charge in [0.05, 0.1) is 6.42 Å². The molecule has 0 fully saturated rings. The largest absolute Gasteiger partial charge is 0.462 e. The molecule has 1 aromatic rings. The van der Waals surface area contributed by atoms with E-state index in [1.807, 2.05) is 0 Å². The van der Waals surface area contributed by atoms with Gasteiger partial charge >= 0.3 is 6.18 Å². The second-order valence-electron chi connectivity index (χ2n) is 3.76. The van der Waals surface area contributed by atoms with Crippen LogP contribution in [0.3, 0.4) is 0 Å². The summed E-state index contributed by atoms with van der Waals surface area (Å²) < 4.78 is 53.6. The zero-order valence-corrected chi connectivity index (χ0v) is 10.2. The lowest BCUT2D eigenvalue weighted by Crippen LogP contribution is -2.08. The Kier molecular flexibility index (Phi) is 5.54. The first-order valence-electron chi connectivity index (χ1n) is 5.54. The maximum absolute atomic E-state index is 12.8. The molecule has 0 spiro atoms. The fourth-order valence-corrected chi connectivity index (χ4v) is 1.17. The zero-order chi connectivity index (χ0) is 14.3. The normalized spacial score (nSPS) is 13.0. The monoisotopic (exact) mass is 275 g/mol. The Balaban J connectivity index is 2.43. The highest BCUT2D eigenvalue weighted by atomic mass is 19.4. The number of hydrogen-bond donors (Lipinski definition) is 0. The van der Waals surface area contributed by atoms with Gasteiger partial charge in [-0.1, -0.05) is 6.07 Å². The minimum Gasteiger partial charge on any atom is -0.462 e. The van der Waals surface area contributed by atoms with Gasteiger partial charge in [0, 0.05) is 18.8 Å². The number of benzene rings is 1. The van der Waals surface area contributed by atoms with E-state index in [0.29, 0.717) is 11.5 Å². The van der Waals surface area contributed by atoms with Crippen LogP contribution in [-0.4, -0.2) is 18.9 Å². The highest BCUT2D eigenvalue weighted by Crippen LogP contribution is 2.18. The number of allylic oxidation sites excluding steroid dienone is 2. The van der Waals surface area contributed by atoms with Crippen LogP contribution in [0.15, 0.2) is 41.1 Å². The summed E-state index contributed by atoms with van der Waals surface area (Å²) in [5.74, 6) is 0.294. The third-order valence-corrected chi connectivity index (χ3v) is 2.01. The van der Waals surface area contributed by atoms with Crippen LogP contribution in [-0.2, 0) is 0 Å². The minimum absolute atomic E-state index is 0.317. The van der Waals surface area contributed by atoms with Gasteiger partial charge in [-0.15, -0.1) is 0 Å². The average Bonchev–Trinajstić information content (AvgIpc) is 2.26. The van der Waals surface area contributed by atoms with Crippen molar-refractivity contribution in [2.75, 3.05) is 6.54 Å². The molecule has 0 saturated carbocycles. The molecular weight excluding hydrogens is 262 g/mol. The molecule has 19 heavy (non-hydrogen) atoms. The fourth-order valence-electron chi connectivity index (χ4n) is 1.17. The van der Waals surface area contributed by atoms with Gasteiger partial charge in [0.25, 0.3) is 0 Å². The molecule has 0 aromatic heterocycles. The first kappa shape index (κ1) is 15.2. The van der Waals surface area contributed by atoms with Crippen LogP contribution in [0, 0.1) is 5.82 Å². The number of rotatable bonds is 5. The zero-order valence-electron chi connectivity index (χ0n) is 10.2. The maximum atomic E-state index is 12.8. The second kappa shape index (κ2) is 6.92. The quantitative estimate of drug-likeness (QED) is 0.450. The molecule has 0 unspecified atom stereocenters. The number of nitrogens with zero attached hydrogens (tertiary/aromatic N) is 1. The number of hydrogen-bond acceptors (Lipinski definition) is 2. The average molecular weight is 275 g/mol. The molecule has 1 aromatic carbocycles. The molecule has 0 bridgehead atoms. The van der Waals surface area contributed by atoms with E-state index < -0.39 is 18.4 Å². The molecule has 0 N–H and O–H groups in total. The Morgan fingerprint density at radius 3 is 2.74 bits per heavy atom. The van der Waals surface area contributed by atoms with Crippen molar-refractivity contribution < 1.29 is 22.3 Å². The Morgan fingerprint density at radius 2 is 2.11 bits per heavy atom. The molecule has 0 saturated heterocycles. The van der Waals surface area contributed by atoms with E-state index in [0.717, 1.165) is 0 Å². The van der Waals surface area contributed by atoms with Crippen molar-refractivity contribution >= 4 is 6.21 Å². The Morgan fingerprint density at radius 1 is 1.37 bits per heavy atom. The van der Waals surface area contributed by atoms with E-state index in [1.165, 1.54) is 30.5 Å². The molecule has 2 nitrogen and oxygen atoms in total.